The number of benzene rings is 1. The van der Waals surface area contributed by atoms with Crippen LogP contribution in [0.3, 0.4) is 0 Å². The van der Waals surface area contributed by atoms with E-state index in [0.29, 0.717) is 29.7 Å². The molecule has 1 aromatic rings. The zero-order valence-electron chi connectivity index (χ0n) is 10.5. The molecule has 94 valence electrons. The minimum absolute atomic E-state index is 0.0294. The molecule has 1 aromatic carbocycles. The smallest absolute Gasteiger partial charge is 0.310 e. The average molecular weight is 245 g/mol. The first-order chi connectivity index (χ1) is 8.67. The molecule has 0 saturated carbocycles. The molecule has 4 nitrogen and oxygen atoms in total. The number of hydrogen-bond donors (Lipinski definition) is 0. The van der Waals surface area contributed by atoms with E-state index in [1.165, 1.54) is 0 Å². The standard InChI is InChI=1S/C14H15NO3/c1-3-12-11(9-16)6-5-10(8-15)13(12)7-14(17)18-4-2/h5-6,9H,3-4,7H2,1-2H3. The van der Waals surface area contributed by atoms with E-state index in [-0.39, 0.29) is 12.4 Å². The summed E-state index contributed by atoms with van der Waals surface area (Å²) in [7, 11) is 0. The zero-order chi connectivity index (χ0) is 13.5. The van der Waals surface area contributed by atoms with Crippen LogP contribution in [0.4, 0.5) is 0 Å². The number of carbonyl (C=O) groups excluding carboxylic acids is 2. The molecule has 4 heteroatoms. The van der Waals surface area contributed by atoms with Gasteiger partial charge in [0, 0.05) is 5.56 Å². The van der Waals surface area contributed by atoms with Crippen LogP contribution in [-0.2, 0) is 22.4 Å². The summed E-state index contributed by atoms with van der Waals surface area (Å²) in [5.74, 6) is -0.383. The maximum atomic E-state index is 11.5. The molecule has 0 aliphatic heterocycles. The van der Waals surface area contributed by atoms with Crippen molar-refractivity contribution in [3.63, 3.8) is 0 Å². The van der Waals surface area contributed by atoms with E-state index in [9.17, 15) is 9.59 Å². The fourth-order valence-electron chi connectivity index (χ4n) is 1.90. The maximum Gasteiger partial charge on any atom is 0.310 e. The summed E-state index contributed by atoms with van der Waals surface area (Å²) in [5, 5.41) is 9.05. The van der Waals surface area contributed by atoms with Gasteiger partial charge in [-0.05, 0) is 30.5 Å². The van der Waals surface area contributed by atoms with Crippen LogP contribution in [-0.4, -0.2) is 18.9 Å². The summed E-state index contributed by atoms with van der Waals surface area (Å²) < 4.78 is 4.88. The summed E-state index contributed by atoms with van der Waals surface area (Å²) in [4.78, 5) is 22.5. The second-order valence-corrected chi connectivity index (χ2v) is 3.72. The Bertz CT molecular complexity index is 500. The van der Waals surface area contributed by atoms with Gasteiger partial charge in [-0.1, -0.05) is 13.0 Å². The quantitative estimate of drug-likeness (QED) is 0.588. The number of ether oxygens (including phenoxy) is 1. The van der Waals surface area contributed by atoms with Crippen molar-refractivity contribution in [1.82, 2.24) is 0 Å². The van der Waals surface area contributed by atoms with Gasteiger partial charge in [0.1, 0.15) is 6.29 Å². The van der Waals surface area contributed by atoms with E-state index in [1.54, 1.807) is 19.1 Å². The summed E-state index contributed by atoms with van der Waals surface area (Å²) in [5.41, 5.74) is 2.29. The predicted octanol–water partition coefficient (Wildman–Crippen LogP) is 2.04. The van der Waals surface area contributed by atoms with Crippen LogP contribution >= 0.6 is 0 Å². The molecule has 1 rings (SSSR count). The number of nitriles is 1. The van der Waals surface area contributed by atoms with Gasteiger partial charge in [0.2, 0.25) is 0 Å². The fourth-order valence-corrected chi connectivity index (χ4v) is 1.90. The van der Waals surface area contributed by atoms with Crippen molar-refractivity contribution in [3.05, 3.63) is 34.4 Å². The Morgan fingerprint density at radius 1 is 1.39 bits per heavy atom. The van der Waals surface area contributed by atoms with Crippen molar-refractivity contribution in [2.45, 2.75) is 26.7 Å². The molecule has 0 radical (unpaired) electrons. The lowest BCUT2D eigenvalue weighted by molar-refractivity contribution is -0.142. The minimum Gasteiger partial charge on any atom is -0.466 e. The molecule has 0 unspecified atom stereocenters. The third-order valence-electron chi connectivity index (χ3n) is 2.69. The summed E-state index contributed by atoms with van der Waals surface area (Å²) >= 11 is 0. The summed E-state index contributed by atoms with van der Waals surface area (Å²) in [6, 6.07) is 5.22. The molecule has 0 aliphatic rings. The van der Waals surface area contributed by atoms with Gasteiger partial charge in [-0.25, -0.2) is 0 Å². The average Bonchev–Trinajstić information content (AvgIpc) is 2.38. The van der Waals surface area contributed by atoms with Crippen LogP contribution in [0.2, 0.25) is 0 Å². The van der Waals surface area contributed by atoms with E-state index >= 15 is 0 Å². The Balaban J connectivity index is 3.24. The maximum absolute atomic E-state index is 11.5. The first-order valence-electron chi connectivity index (χ1n) is 5.83. The Hall–Kier alpha value is -2.15. The third kappa shape index (κ3) is 2.95. The van der Waals surface area contributed by atoms with Crippen LogP contribution in [0.15, 0.2) is 12.1 Å². The van der Waals surface area contributed by atoms with Gasteiger partial charge in [0.15, 0.2) is 0 Å². The van der Waals surface area contributed by atoms with Gasteiger partial charge in [-0.15, -0.1) is 0 Å². The topological polar surface area (TPSA) is 67.2 Å². The number of carbonyl (C=O) groups is 2. The number of esters is 1. The molecule has 0 bridgehead atoms. The molecule has 0 aliphatic carbocycles. The molecular formula is C14H15NO3. The van der Waals surface area contributed by atoms with E-state index in [0.717, 1.165) is 11.8 Å². The first kappa shape index (κ1) is 13.9. The molecule has 0 atom stereocenters. The van der Waals surface area contributed by atoms with Crippen LogP contribution in [0.5, 0.6) is 0 Å². The highest BCUT2D eigenvalue weighted by Crippen LogP contribution is 2.20. The van der Waals surface area contributed by atoms with Crippen molar-refractivity contribution < 1.29 is 14.3 Å². The zero-order valence-corrected chi connectivity index (χ0v) is 10.5. The lowest BCUT2D eigenvalue weighted by Gasteiger charge is -2.11. The van der Waals surface area contributed by atoms with Gasteiger partial charge in [-0.2, -0.15) is 5.26 Å². The lowest BCUT2D eigenvalue weighted by Crippen LogP contribution is -2.12. The van der Waals surface area contributed by atoms with E-state index in [4.69, 9.17) is 10.00 Å². The molecule has 0 heterocycles. The van der Waals surface area contributed by atoms with Gasteiger partial charge < -0.3 is 4.74 Å². The lowest BCUT2D eigenvalue weighted by atomic mass is 9.93. The molecule has 0 N–H and O–H groups in total. The van der Waals surface area contributed by atoms with Crippen LogP contribution in [0.1, 0.15) is 40.9 Å². The molecule has 0 aromatic heterocycles. The van der Waals surface area contributed by atoms with Crippen molar-refractivity contribution >= 4 is 12.3 Å². The second-order valence-electron chi connectivity index (χ2n) is 3.72. The van der Waals surface area contributed by atoms with Crippen molar-refractivity contribution in [3.8, 4) is 6.07 Å². The molecule has 0 saturated heterocycles. The summed E-state index contributed by atoms with van der Waals surface area (Å²) in [6.45, 7) is 3.92. The van der Waals surface area contributed by atoms with Crippen LogP contribution < -0.4 is 0 Å². The molecule has 0 fully saturated rings. The highest BCUT2D eigenvalue weighted by molar-refractivity contribution is 5.81. The molecule has 18 heavy (non-hydrogen) atoms. The number of aldehydes is 1. The minimum atomic E-state index is -0.383. The predicted molar refractivity (Wildman–Crippen MR) is 66.3 cm³/mol. The highest BCUT2D eigenvalue weighted by atomic mass is 16.5. The Morgan fingerprint density at radius 3 is 2.61 bits per heavy atom. The second kappa shape index (κ2) is 6.55. The number of hydrogen-bond acceptors (Lipinski definition) is 4. The van der Waals surface area contributed by atoms with Crippen molar-refractivity contribution in [2.24, 2.45) is 0 Å². The van der Waals surface area contributed by atoms with E-state index in [2.05, 4.69) is 0 Å². The van der Waals surface area contributed by atoms with Crippen LogP contribution in [0, 0.1) is 11.3 Å². The Morgan fingerprint density at radius 2 is 2.11 bits per heavy atom. The van der Waals surface area contributed by atoms with E-state index in [1.807, 2.05) is 13.0 Å². The molecular weight excluding hydrogens is 230 g/mol. The highest BCUT2D eigenvalue weighted by Gasteiger charge is 2.15. The number of rotatable bonds is 5. The SMILES string of the molecule is CCOC(=O)Cc1c(C#N)ccc(C=O)c1CC. The fraction of sp³-hybridized carbons (Fsp3) is 0.357. The molecule has 0 amide bonds. The monoisotopic (exact) mass is 245 g/mol. The van der Waals surface area contributed by atoms with Gasteiger partial charge in [-0.3, -0.25) is 9.59 Å². The van der Waals surface area contributed by atoms with Gasteiger partial charge >= 0.3 is 5.97 Å². The first-order valence-corrected chi connectivity index (χ1v) is 5.83. The van der Waals surface area contributed by atoms with Crippen LogP contribution in [0.25, 0.3) is 0 Å². The van der Waals surface area contributed by atoms with E-state index < -0.39 is 0 Å². The Kier molecular flexibility index (Phi) is 5.06. The Labute approximate surface area is 106 Å². The largest absolute Gasteiger partial charge is 0.466 e. The third-order valence-corrected chi connectivity index (χ3v) is 2.69. The van der Waals surface area contributed by atoms with Crippen molar-refractivity contribution in [1.29, 1.82) is 5.26 Å². The summed E-state index contributed by atoms with van der Waals surface area (Å²) in [6.07, 6.45) is 1.37. The van der Waals surface area contributed by atoms with Crippen molar-refractivity contribution in [2.75, 3.05) is 6.61 Å². The molecule has 0 spiro atoms. The normalized spacial score (nSPS) is 9.61. The van der Waals surface area contributed by atoms with Gasteiger partial charge in [0.25, 0.3) is 0 Å². The van der Waals surface area contributed by atoms with Gasteiger partial charge in [0.05, 0.1) is 24.7 Å². The number of nitrogens with zero attached hydrogens (tertiary/aromatic N) is 1.